The molecule has 0 aromatic rings. The first-order valence-electron chi connectivity index (χ1n) is 6.05. The van der Waals surface area contributed by atoms with Crippen LogP contribution in [0.25, 0.3) is 0 Å². The van der Waals surface area contributed by atoms with Crippen LogP contribution in [0.5, 0.6) is 0 Å². The summed E-state index contributed by atoms with van der Waals surface area (Å²) in [6.07, 6.45) is 1.95. The summed E-state index contributed by atoms with van der Waals surface area (Å²) >= 11 is 0. The molecule has 0 unspecified atom stereocenters. The fraction of sp³-hybridized carbons (Fsp3) is 0.917. The van der Waals surface area contributed by atoms with Crippen molar-refractivity contribution in [1.82, 2.24) is 4.90 Å². The van der Waals surface area contributed by atoms with Crippen LogP contribution in [0.15, 0.2) is 0 Å². The van der Waals surface area contributed by atoms with Crippen LogP contribution in [0.3, 0.4) is 0 Å². The highest BCUT2D eigenvalue weighted by atomic mass is 16.6. The molecule has 1 aliphatic heterocycles. The predicted octanol–water partition coefficient (Wildman–Crippen LogP) is 1.98. The zero-order valence-corrected chi connectivity index (χ0v) is 10.8. The van der Waals surface area contributed by atoms with Crippen molar-refractivity contribution in [2.45, 2.75) is 52.2 Å². The molecule has 94 valence electrons. The third-order valence-electron chi connectivity index (χ3n) is 2.99. The number of hydrogen-bond donors (Lipinski definition) is 1. The summed E-state index contributed by atoms with van der Waals surface area (Å²) in [4.78, 5) is 13.8. The molecule has 0 bridgehead atoms. The average molecular weight is 228 g/mol. The van der Waals surface area contributed by atoms with E-state index in [9.17, 15) is 4.79 Å². The lowest BCUT2D eigenvalue weighted by Crippen LogP contribution is -2.52. The Kier molecular flexibility index (Phi) is 4.19. The summed E-state index contributed by atoms with van der Waals surface area (Å²) in [5.74, 6) is 0.464. The van der Waals surface area contributed by atoms with Crippen molar-refractivity contribution < 1.29 is 9.53 Å². The number of hydrogen-bond acceptors (Lipinski definition) is 3. The fourth-order valence-corrected chi connectivity index (χ4v) is 2.16. The molecule has 1 rings (SSSR count). The summed E-state index contributed by atoms with van der Waals surface area (Å²) in [6.45, 7) is 9.08. The van der Waals surface area contributed by atoms with Crippen molar-refractivity contribution in [3.63, 3.8) is 0 Å². The van der Waals surface area contributed by atoms with Gasteiger partial charge in [-0.15, -0.1) is 0 Å². The number of ether oxygens (including phenoxy) is 1. The van der Waals surface area contributed by atoms with Crippen LogP contribution in [-0.4, -0.2) is 35.7 Å². The molecule has 0 radical (unpaired) electrons. The van der Waals surface area contributed by atoms with E-state index in [2.05, 4.69) is 6.92 Å². The first-order valence-corrected chi connectivity index (χ1v) is 6.05. The maximum atomic E-state index is 12.0. The molecule has 1 amide bonds. The Morgan fingerprint density at radius 1 is 1.50 bits per heavy atom. The molecule has 2 atom stereocenters. The van der Waals surface area contributed by atoms with Crippen LogP contribution in [0.4, 0.5) is 4.79 Å². The van der Waals surface area contributed by atoms with E-state index in [4.69, 9.17) is 10.5 Å². The second-order valence-electron chi connectivity index (χ2n) is 5.60. The Hall–Kier alpha value is -0.770. The predicted molar refractivity (Wildman–Crippen MR) is 64.2 cm³/mol. The van der Waals surface area contributed by atoms with Crippen LogP contribution in [0.2, 0.25) is 0 Å². The number of amides is 1. The summed E-state index contributed by atoms with van der Waals surface area (Å²) in [7, 11) is 0. The topological polar surface area (TPSA) is 55.6 Å². The van der Waals surface area contributed by atoms with E-state index in [1.807, 2.05) is 20.8 Å². The van der Waals surface area contributed by atoms with Crippen molar-refractivity contribution in [1.29, 1.82) is 0 Å². The van der Waals surface area contributed by atoms with Crippen LogP contribution in [-0.2, 0) is 4.74 Å². The van der Waals surface area contributed by atoms with E-state index in [1.54, 1.807) is 4.90 Å². The molecule has 1 aliphatic rings. The number of nitrogens with zero attached hydrogens (tertiary/aromatic N) is 1. The average Bonchev–Trinajstić information content (AvgIpc) is 2.14. The number of nitrogens with two attached hydrogens (primary N) is 1. The van der Waals surface area contributed by atoms with Gasteiger partial charge in [0, 0.05) is 19.1 Å². The second-order valence-corrected chi connectivity index (χ2v) is 5.60. The van der Waals surface area contributed by atoms with E-state index < -0.39 is 5.60 Å². The zero-order valence-electron chi connectivity index (χ0n) is 10.8. The molecule has 0 aromatic carbocycles. The number of piperidine rings is 1. The Morgan fingerprint density at radius 2 is 2.12 bits per heavy atom. The maximum absolute atomic E-state index is 12.0. The lowest BCUT2D eigenvalue weighted by Gasteiger charge is -2.39. The molecule has 0 aromatic heterocycles. The Balaban J connectivity index is 2.66. The first-order chi connectivity index (χ1) is 7.35. The first kappa shape index (κ1) is 13.3. The molecule has 4 nitrogen and oxygen atoms in total. The molecule has 0 spiro atoms. The highest BCUT2D eigenvalue weighted by Crippen LogP contribution is 2.24. The van der Waals surface area contributed by atoms with Gasteiger partial charge in [0.2, 0.25) is 0 Å². The minimum Gasteiger partial charge on any atom is -0.444 e. The van der Waals surface area contributed by atoms with Gasteiger partial charge in [-0.1, -0.05) is 6.92 Å². The number of rotatable bonds is 1. The van der Waals surface area contributed by atoms with Gasteiger partial charge >= 0.3 is 6.09 Å². The quantitative estimate of drug-likeness (QED) is 0.746. The van der Waals surface area contributed by atoms with Crippen LogP contribution in [0, 0.1) is 5.92 Å². The highest BCUT2D eigenvalue weighted by Gasteiger charge is 2.33. The molecule has 0 saturated carbocycles. The maximum Gasteiger partial charge on any atom is 0.410 e. The third kappa shape index (κ3) is 3.37. The van der Waals surface area contributed by atoms with Gasteiger partial charge in [0.15, 0.2) is 0 Å². The molecule has 16 heavy (non-hydrogen) atoms. The van der Waals surface area contributed by atoms with E-state index in [0.29, 0.717) is 12.5 Å². The molecule has 0 aliphatic carbocycles. The molecule has 4 heteroatoms. The van der Waals surface area contributed by atoms with Gasteiger partial charge in [-0.25, -0.2) is 4.79 Å². The molecule has 2 N–H and O–H groups in total. The normalized spacial score (nSPS) is 26.7. The fourth-order valence-electron chi connectivity index (χ4n) is 2.16. The second kappa shape index (κ2) is 5.04. The van der Waals surface area contributed by atoms with Crippen LogP contribution < -0.4 is 5.73 Å². The van der Waals surface area contributed by atoms with Gasteiger partial charge in [-0.05, 0) is 39.5 Å². The Labute approximate surface area is 98.1 Å². The third-order valence-corrected chi connectivity index (χ3v) is 2.99. The van der Waals surface area contributed by atoms with Crippen LogP contribution >= 0.6 is 0 Å². The number of likely N-dealkylation sites (tertiary alicyclic amines) is 1. The van der Waals surface area contributed by atoms with E-state index in [0.717, 1.165) is 19.4 Å². The van der Waals surface area contributed by atoms with Gasteiger partial charge < -0.3 is 15.4 Å². The molecular weight excluding hydrogens is 204 g/mol. The van der Waals surface area contributed by atoms with Crippen molar-refractivity contribution >= 4 is 6.09 Å². The molecular formula is C12H24N2O2. The molecule has 1 saturated heterocycles. The van der Waals surface area contributed by atoms with Gasteiger partial charge in [-0.2, -0.15) is 0 Å². The summed E-state index contributed by atoms with van der Waals surface area (Å²) in [6, 6.07) is 0.128. The van der Waals surface area contributed by atoms with Gasteiger partial charge in [-0.3, -0.25) is 0 Å². The van der Waals surface area contributed by atoms with E-state index >= 15 is 0 Å². The van der Waals surface area contributed by atoms with E-state index in [1.165, 1.54) is 0 Å². The monoisotopic (exact) mass is 228 g/mol. The van der Waals surface area contributed by atoms with Gasteiger partial charge in [0.05, 0.1) is 0 Å². The number of carbonyl (C=O) groups is 1. The SMILES string of the molecule is C[C@H]1CCCN(C(=O)OC(C)(C)C)[C@H]1CN. The number of carbonyl (C=O) groups excluding carboxylic acids is 1. The van der Waals surface area contributed by atoms with Gasteiger partial charge in [0.25, 0.3) is 0 Å². The highest BCUT2D eigenvalue weighted by molar-refractivity contribution is 5.68. The van der Waals surface area contributed by atoms with Gasteiger partial charge in [0.1, 0.15) is 5.60 Å². The standard InChI is InChI=1S/C12H24N2O2/c1-9-6-5-7-14(10(9)8-13)11(15)16-12(2,3)4/h9-10H,5-8,13H2,1-4H3/t9-,10-/m0/s1. The lowest BCUT2D eigenvalue weighted by atomic mass is 9.91. The zero-order chi connectivity index (χ0) is 12.3. The van der Waals surface area contributed by atoms with Crippen molar-refractivity contribution in [3.8, 4) is 0 Å². The Morgan fingerprint density at radius 3 is 2.62 bits per heavy atom. The van der Waals surface area contributed by atoms with E-state index in [-0.39, 0.29) is 12.1 Å². The lowest BCUT2D eigenvalue weighted by molar-refractivity contribution is 0.00310. The smallest absolute Gasteiger partial charge is 0.410 e. The largest absolute Gasteiger partial charge is 0.444 e. The summed E-state index contributed by atoms with van der Waals surface area (Å²) in [5, 5.41) is 0. The Bertz CT molecular complexity index is 248. The minimum atomic E-state index is -0.434. The van der Waals surface area contributed by atoms with Crippen LogP contribution in [0.1, 0.15) is 40.5 Å². The summed E-state index contributed by atoms with van der Waals surface area (Å²) in [5.41, 5.74) is 5.30. The van der Waals surface area contributed by atoms with Crippen molar-refractivity contribution in [2.75, 3.05) is 13.1 Å². The minimum absolute atomic E-state index is 0.128. The summed E-state index contributed by atoms with van der Waals surface area (Å²) < 4.78 is 5.39. The molecule has 1 fully saturated rings. The molecule has 1 heterocycles. The van der Waals surface area contributed by atoms with Crippen molar-refractivity contribution in [2.24, 2.45) is 11.7 Å². The van der Waals surface area contributed by atoms with Crippen molar-refractivity contribution in [3.05, 3.63) is 0 Å².